The number of carbonyl (C=O) groups is 2. The molecular weight excluding hydrogens is 226 g/mol. The van der Waals surface area contributed by atoms with Crippen molar-refractivity contribution in [1.82, 2.24) is 10.0 Å². The number of pyridine rings is 1. The van der Waals surface area contributed by atoms with Crippen LogP contribution in [0.3, 0.4) is 0 Å². The zero-order valence-corrected chi connectivity index (χ0v) is 9.03. The fourth-order valence-electron chi connectivity index (χ4n) is 1.47. The number of nitrogens with one attached hydrogen (secondary N) is 1. The van der Waals surface area contributed by atoms with E-state index in [1.807, 2.05) is 0 Å². The molecule has 7 nitrogen and oxygen atoms in total. The number of anilines is 1. The molecule has 0 aliphatic carbocycles. The standard InChI is InChI=1S/C10H11N3O4/c1-13-9(15)7(10(16)17-13)8(14)12-6-4-2-3-5-11-6/h2-5,7,9,15H,1H3,(H,11,12,14). The van der Waals surface area contributed by atoms with Gasteiger partial charge in [0.1, 0.15) is 5.82 Å². The molecule has 1 aliphatic heterocycles. The lowest BCUT2D eigenvalue weighted by atomic mass is 10.1. The van der Waals surface area contributed by atoms with Gasteiger partial charge < -0.3 is 15.3 Å². The quantitative estimate of drug-likeness (QED) is 0.665. The van der Waals surface area contributed by atoms with E-state index in [0.717, 1.165) is 5.06 Å². The number of aliphatic hydroxyl groups is 1. The first-order chi connectivity index (χ1) is 8.09. The van der Waals surface area contributed by atoms with Crippen LogP contribution in [0.2, 0.25) is 0 Å². The lowest BCUT2D eigenvalue weighted by Gasteiger charge is -2.13. The second-order valence-corrected chi connectivity index (χ2v) is 3.55. The summed E-state index contributed by atoms with van der Waals surface area (Å²) in [6.07, 6.45) is 0.219. The van der Waals surface area contributed by atoms with E-state index < -0.39 is 24.0 Å². The minimum Gasteiger partial charge on any atom is -0.374 e. The summed E-state index contributed by atoms with van der Waals surface area (Å²) < 4.78 is 0. The number of hydroxylamine groups is 2. The van der Waals surface area contributed by atoms with Gasteiger partial charge in [0.25, 0.3) is 0 Å². The number of nitrogens with zero attached hydrogens (tertiary/aromatic N) is 2. The van der Waals surface area contributed by atoms with E-state index in [0.29, 0.717) is 5.82 Å². The first-order valence-corrected chi connectivity index (χ1v) is 4.94. The van der Waals surface area contributed by atoms with Gasteiger partial charge in [-0.25, -0.2) is 9.78 Å². The third kappa shape index (κ3) is 2.24. The maximum absolute atomic E-state index is 11.7. The van der Waals surface area contributed by atoms with Crippen molar-refractivity contribution < 1.29 is 19.5 Å². The van der Waals surface area contributed by atoms with Crippen LogP contribution in [-0.4, -0.2) is 40.3 Å². The Morgan fingerprint density at radius 1 is 1.59 bits per heavy atom. The molecule has 0 bridgehead atoms. The Hall–Kier alpha value is -1.99. The largest absolute Gasteiger partial charge is 0.374 e. The number of rotatable bonds is 2. The number of aromatic nitrogens is 1. The summed E-state index contributed by atoms with van der Waals surface area (Å²) in [5.41, 5.74) is 0. The minimum absolute atomic E-state index is 0.312. The molecule has 2 unspecified atom stereocenters. The zero-order valence-electron chi connectivity index (χ0n) is 9.03. The second-order valence-electron chi connectivity index (χ2n) is 3.55. The Balaban J connectivity index is 2.08. The highest BCUT2D eigenvalue weighted by Gasteiger charge is 2.45. The SMILES string of the molecule is CN1OC(=O)C(C(=O)Nc2ccccn2)C1O. The lowest BCUT2D eigenvalue weighted by molar-refractivity contribution is -0.183. The highest BCUT2D eigenvalue weighted by molar-refractivity contribution is 6.05. The Morgan fingerprint density at radius 3 is 2.88 bits per heavy atom. The fraction of sp³-hybridized carbons (Fsp3) is 0.300. The number of amides is 1. The van der Waals surface area contributed by atoms with E-state index in [1.54, 1.807) is 18.2 Å². The molecular formula is C10H11N3O4. The van der Waals surface area contributed by atoms with Crippen LogP contribution in [-0.2, 0) is 14.4 Å². The summed E-state index contributed by atoms with van der Waals surface area (Å²) in [5.74, 6) is -2.38. The topological polar surface area (TPSA) is 91.8 Å². The molecule has 1 aromatic rings. The maximum atomic E-state index is 11.7. The Bertz CT molecular complexity index is 436. The van der Waals surface area contributed by atoms with Crippen LogP contribution >= 0.6 is 0 Å². The molecule has 2 rings (SSSR count). The molecule has 0 aromatic carbocycles. The van der Waals surface area contributed by atoms with Crippen LogP contribution in [0.1, 0.15) is 0 Å². The Kier molecular flexibility index (Phi) is 3.03. The zero-order chi connectivity index (χ0) is 12.4. The maximum Gasteiger partial charge on any atom is 0.341 e. The fourth-order valence-corrected chi connectivity index (χ4v) is 1.47. The van der Waals surface area contributed by atoms with Gasteiger partial charge in [-0.2, -0.15) is 0 Å². The molecule has 90 valence electrons. The number of aliphatic hydroxyl groups excluding tert-OH is 1. The van der Waals surface area contributed by atoms with Gasteiger partial charge in [0.15, 0.2) is 12.1 Å². The van der Waals surface area contributed by atoms with Crippen LogP contribution in [0.5, 0.6) is 0 Å². The van der Waals surface area contributed by atoms with Crippen molar-refractivity contribution >= 4 is 17.7 Å². The van der Waals surface area contributed by atoms with E-state index in [1.165, 1.54) is 13.2 Å². The molecule has 7 heteroatoms. The monoisotopic (exact) mass is 237 g/mol. The Labute approximate surface area is 97.0 Å². The van der Waals surface area contributed by atoms with Gasteiger partial charge >= 0.3 is 5.97 Å². The van der Waals surface area contributed by atoms with Crippen LogP contribution in [0, 0.1) is 5.92 Å². The summed E-state index contributed by atoms with van der Waals surface area (Å²) >= 11 is 0. The summed E-state index contributed by atoms with van der Waals surface area (Å²) in [6.45, 7) is 0. The van der Waals surface area contributed by atoms with Gasteiger partial charge in [-0.3, -0.25) is 4.79 Å². The van der Waals surface area contributed by atoms with E-state index in [4.69, 9.17) is 0 Å². The van der Waals surface area contributed by atoms with Gasteiger partial charge in [0.2, 0.25) is 5.91 Å². The normalized spacial score (nSPS) is 24.5. The Morgan fingerprint density at radius 2 is 2.35 bits per heavy atom. The second kappa shape index (κ2) is 4.48. The van der Waals surface area contributed by atoms with Crippen molar-refractivity contribution in [2.45, 2.75) is 6.23 Å². The van der Waals surface area contributed by atoms with Gasteiger partial charge in [-0.15, -0.1) is 5.06 Å². The van der Waals surface area contributed by atoms with Crippen LogP contribution in [0.25, 0.3) is 0 Å². The van der Waals surface area contributed by atoms with Crippen LogP contribution in [0.15, 0.2) is 24.4 Å². The first kappa shape index (κ1) is 11.5. The summed E-state index contributed by atoms with van der Waals surface area (Å²) in [5, 5.41) is 12.9. The lowest BCUT2D eigenvalue weighted by Crippen LogP contribution is -2.37. The third-order valence-corrected chi connectivity index (χ3v) is 2.36. The van der Waals surface area contributed by atoms with E-state index in [-0.39, 0.29) is 0 Å². The molecule has 17 heavy (non-hydrogen) atoms. The van der Waals surface area contributed by atoms with Gasteiger partial charge in [-0.1, -0.05) is 6.07 Å². The van der Waals surface area contributed by atoms with Crippen LogP contribution < -0.4 is 5.32 Å². The van der Waals surface area contributed by atoms with E-state index in [9.17, 15) is 14.7 Å². The molecule has 2 heterocycles. The van der Waals surface area contributed by atoms with Gasteiger partial charge in [0, 0.05) is 13.2 Å². The average Bonchev–Trinajstić information content (AvgIpc) is 2.54. The molecule has 1 aromatic heterocycles. The van der Waals surface area contributed by atoms with Crippen molar-refractivity contribution in [2.75, 3.05) is 12.4 Å². The number of hydrogen-bond donors (Lipinski definition) is 2. The smallest absolute Gasteiger partial charge is 0.341 e. The van der Waals surface area contributed by atoms with Crippen molar-refractivity contribution in [2.24, 2.45) is 5.92 Å². The van der Waals surface area contributed by atoms with Gasteiger partial charge in [-0.05, 0) is 12.1 Å². The third-order valence-electron chi connectivity index (χ3n) is 2.36. The minimum atomic E-state index is -1.29. The van der Waals surface area contributed by atoms with E-state index >= 15 is 0 Å². The highest BCUT2D eigenvalue weighted by Crippen LogP contribution is 2.20. The predicted octanol–water partition coefficient (Wildman–Crippen LogP) is -0.642. The number of carbonyl (C=O) groups excluding carboxylic acids is 2. The molecule has 0 saturated carbocycles. The molecule has 1 aliphatic rings. The first-order valence-electron chi connectivity index (χ1n) is 4.94. The van der Waals surface area contributed by atoms with E-state index in [2.05, 4.69) is 15.1 Å². The van der Waals surface area contributed by atoms with Crippen molar-refractivity contribution in [3.63, 3.8) is 0 Å². The van der Waals surface area contributed by atoms with Gasteiger partial charge in [0.05, 0.1) is 0 Å². The molecule has 1 fully saturated rings. The molecule has 2 atom stereocenters. The predicted molar refractivity (Wildman–Crippen MR) is 56.2 cm³/mol. The molecule has 1 saturated heterocycles. The average molecular weight is 237 g/mol. The van der Waals surface area contributed by atoms with Crippen molar-refractivity contribution in [3.05, 3.63) is 24.4 Å². The molecule has 0 spiro atoms. The molecule has 0 radical (unpaired) electrons. The highest BCUT2D eigenvalue weighted by atomic mass is 16.7. The van der Waals surface area contributed by atoms with Crippen molar-refractivity contribution in [1.29, 1.82) is 0 Å². The summed E-state index contributed by atoms with van der Waals surface area (Å²) in [6, 6.07) is 4.97. The summed E-state index contributed by atoms with van der Waals surface area (Å²) in [4.78, 5) is 31.6. The molecule has 2 N–H and O–H groups in total. The van der Waals surface area contributed by atoms with Crippen LogP contribution in [0.4, 0.5) is 5.82 Å². The van der Waals surface area contributed by atoms with Crippen molar-refractivity contribution in [3.8, 4) is 0 Å². The number of hydrogen-bond acceptors (Lipinski definition) is 6. The summed E-state index contributed by atoms with van der Waals surface area (Å²) in [7, 11) is 1.37. The molecule has 1 amide bonds.